The lowest BCUT2D eigenvalue weighted by Crippen LogP contribution is -2.54. The van der Waals surface area contributed by atoms with Gasteiger partial charge in [0.1, 0.15) is 0 Å². The molecule has 1 saturated carbocycles. The van der Waals surface area contributed by atoms with Crippen LogP contribution in [0.3, 0.4) is 0 Å². The number of hydrogen-bond donors (Lipinski definition) is 1. The molecule has 2 amide bonds. The fourth-order valence-electron chi connectivity index (χ4n) is 3.89. The summed E-state index contributed by atoms with van der Waals surface area (Å²) in [6.45, 7) is 7.65. The summed E-state index contributed by atoms with van der Waals surface area (Å²) < 4.78 is 0. The van der Waals surface area contributed by atoms with Crippen molar-refractivity contribution in [3.8, 4) is 0 Å². The Bertz CT molecular complexity index is 548. The first-order valence-electron chi connectivity index (χ1n) is 9.36. The molecule has 132 valence electrons. The molecule has 1 aromatic heterocycles. The van der Waals surface area contributed by atoms with Gasteiger partial charge >= 0.3 is 6.03 Å². The number of piperazine rings is 1. The van der Waals surface area contributed by atoms with Crippen molar-refractivity contribution in [2.45, 2.75) is 58.0 Å². The minimum Gasteiger partial charge on any atom is -0.330 e. The third kappa shape index (κ3) is 4.26. The third-order valence-corrected chi connectivity index (χ3v) is 5.39. The molecular weight excluding hydrogens is 300 g/mol. The van der Waals surface area contributed by atoms with Crippen LogP contribution in [0, 0.1) is 6.92 Å². The second kappa shape index (κ2) is 7.97. The van der Waals surface area contributed by atoms with E-state index in [2.05, 4.69) is 15.2 Å². The van der Waals surface area contributed by atoms with Gasteiger partial charge in [0.15, 0.2) is 0 Å². The number of urea groups is 1. The van der Waals surface area contributed by atoms with Crippen LogP contribution in [0.15, 0.2) is 18.2 Å². The lowest BCUT2D eigenvalue weighted by atomic mass is 9.94. The average Bonchev–Trinajstić information content (AvgIpc) is 2.62. The van der Waals surface area contributed by atoms with Gasteiger partial charge in [0.2, 0.25) is 0 Å². The molecule has 24 heavy (non-hydrogen) atoms. The van der Waals surface area contributed by atoms with Gasteiger partial charge in [-0.1, -0.05) is 25.3 Å². The van der Waals surface area contributed by atoms with Crippen LogP contribution in [0.4, 0.5) is 4.79 Å². The fourth-order valence-corrected chi connectivity index (χ4v) is 3.89. The minimum atomic E-state index is -0.0613. The van der Waals surface area contributed by atoms with Crippen LogP contribution in [-0.4, -0.2) is 53.0 Å². The van der Waals surface area contributed by atoms with Crippen LogP contribution < -0.4 is 5.32 Å². The smallest absolute Gasteiger partial charge is 0.318 e. The number of carbonyl (C=O) groups is 1. The second-order valence-electron chi connectivity index (χ2n) is 7.19. The Hall–Kier alpha value is -1.62. The maximum atomic E-state index is 12.5. The van der Waals surface area contributed by atoms with Crippen molar-refractivity contribution in [2.75, 3.05) is 26.2 Å². The standard InChI is InChI=1S/C19H30N4O/c1-15-7-6-10-18(20-15)16(2)21-19(24)23-13-11-22(12-14-23)17-8-4-3-5-9-17/h6-7,10,16-17H,3-5,8-9,11-14H2,1-2H3,(H,21,24)/t16-/m1/s1. The molecule has 1 aliphatic carbocycles. The Morgan fingerprint density at radius 1 is 1.17 bits per heavy atom. The summed E-state index contributed by atoms with van der Waals surface area (Å²) in [6, 6.07) is 6.66. The first-order valence-corrected chi connectivity index (χ1v) is 9.36. The summed E-state index contributed by atoms with van der Waals surface area (Å²) in [5, 5.41) is 3.09. The lowest BCUT2D eigenvalue weighted by Gasteiger charge is -2.40. The molecular formula is C19H30N4O. The van der Waals surface area contributed by atoms with Crippen LogP contribution in [-0.2, 0) is 0 Å². The quantitative estimate of drug-likeness (QED) is 0.926. The maximum absolute atomic E-state index is 12.5. The molecule has 5 nitrogen and oxygen atoms in total. The Morgan fingerprint density at radius 2 is 1.88 bits per heavy atom. The van der Waals surface area contributed by atoms with E-state index in [1.165, 1.54) is 32.1 Å². The van der Waals surface area contributed by atoms with Crippen molar-refractivity contribution in [3.63, 3.8) is 0 Å². The molecule has 2 aliphatic rings. The number of nitrogens with one attached hydrogen (secondary N) is 1. The molecule has 0 unspecified atom stereocenters. The Labute approximate surface area is 145 Å². The highest BCUT2D eigenvalue weighted by atomic mass is 16.2. The highest BCUT2D eigenvalue weighted by molar-refractivity contribution is 5.74. The maximum Gasteiger partial charge on any atom is 0.318 e. The molecule has 2 heterocycles. The highest BCUT2D eigenvalue weighted by Crippen LogP contribution is 2.23. The van der Waals surface area contributed by atoms with Gasteiger partial charge in [-0.25, -0.2) is 4.79 Å². The number of aromatic nitrogens is 1. The monoisotopic (exact) mass is 330 g/mol. The first kappa shape index (κ1) is 17.2. The van der Waals surface area contributed by atoms with E-state index in [1.807, 2.05) is 36.9 Å². The molecule has 0 radical (unpaired) electrons. The van der Waals surface area contributed by atoms with E-state index < -0.39 is 0 Å². The van der Waals surface area contributed by atoms with E-state index in [9.17, 15) is 4.79 Å². The average molecular weight is 330 g/mol. The highest BCUT2D eigenvalue weighted by Gasteiger charge is 2.27. The molecule has 5 heteroatoms. The van der Waals surface area contributed by atoms with Gasteiger partial charge in [0.05, 0.1) is 11.7 Å². The van der Waals surface area contributed by atoms with Crippen molar-refractivity contribution >= 4 is 6.03 Å². The van der Waals surface area contributed by atoms with Gasteiger partial charge in [0.25, 0.3) is 0 Å². The topological polar surface area (TPSA) is 48.5 Å². The van der Waals surface area contributed by atoms with E-state index in [1.54, 1.807) is 0 Å². The van der Waals surface area contributed by atoms with Crippen molar-refractivity contribution in [3.05, 3.63) is 29.6 Å². The normalized spacial score (nSPS) is 21.5. The second-order valence-corrected chi connectivity index (χ2v) is 7.19. The van der Waals surface area contributed by atoms with Crippen LogP contribution in [0.2, 0.25) is 0 Å². The van der Waals surface area contributed by atoms with E-state index >= 15 is 0 Å². The van der Waals surface area contributed by atoms with Gasteiger partial charge in [0, 0.05) is 37.9 Å². The zero-order chi connectivity index (χ0) is 16.9. The van der Waals surface area contributed by atoms with E-state index in [0.29, 0.717) is 0 Å². The van der Waals surface area contributed by atoms with Crippen LogP contribution in [0.25, 0.3) is 0 Å². The lowest BCUT2D eigenvalue weighted by molar-refractivity contribution is 0.0898. The molecule has 1 aromatic rings. The molecule has 0 spiro atoms. The first-order chi connectivity index (χ1) is 11.6. The predicted molar refractivity (Wildman–Crippen MR) is 95.9 cm³/mol. The number of rotatable bonds is 3. The van der Waals surface area contributed by atoms with E-state index in [-0.39, 0.29) is 12.1 Å². The summed E-state index contributed by atoms with van der Waals surface area (Å²) in [7, 11) is 0. The summed E-state index contributed by atoms with van der Waals surface area (Å²) in [5.41, 5.74) is 1.90. The van der Waals surface area contributed by atoms with Crippen LogP contribution in [0.1, 0.15) is 56.5 Å². The van der Waals surface area contributed by atoms with Crippen molar-refractivity contribution in [1.82, 2.24) is 20.1 Å². The Morgan fingerprint density at radius 3 is 2.54 bits per heavy atom. The van der Waals surface area contributed by atoms with Crippen molar-refractivity contribution in [2.24, 2.45) is 0 Å². The summed E-state index contributed by atoms with van der Waals surface area (Å²) in [5.74, 6) is 0. The zero-order valence-corrected chi connectivity index (χ0v) is 15.0. The molecule has 1 saturated heterocycles. The minimum absolute atomic E-state index is 0.0362. The van der Waals surface area contributed by atoms with E-state index in [0.717, 1.165) is 43.6 Å². The fraction of sp³-hybridized carbons (Fsp3) is 0.684. The van der Waals surface area contributed by atoms with Gasteiger partial charge in [-0.2, -0.15) is 0 Å². The molecule has 1 N–H and O–H groups in total. The molecule has 3 rings (SSSR count). The number of nitrogens with zero attached hydrogens (tertiary/aromatic N) is 3. The zero-order valence-electron chi connectivity index (χ0n) is 15.0. The molecule has 0 bridgehead atoms. The number of aryl methyl sites for hydroxylation is 1. The van der Waals surface area contributed by atoms with Gasteiger partial charge in [-0.3, -0.25) is 9.88 Å². The van der Waals surface area contributed by atoms with Gasteiger partial charge in [-0.15, -0.1) is 0 Å². The summed E-state index contributed by atoms with van der Waals surface area (Å²) in [6.07, 6.45) is 6.80. The number of amides is 2. The molecule has 2 fully saturated rings. The predicted octanol–water partition coefficient (Wildman–Crippen LogP) is 3.11. The summed E-state index contributed by atoms with van der Waals surface area (Å²) in [4.78, 5) is 21.6. The number of carbonyl (C=O) groups excluding carboxylic acids is 1. The molecule has 1 aliphatic heterocycles. The number of pyridine rings is 1. The van der Waals surface area contributed by atoms with Crippen LogP contribution >= 0.6 is 0 Å². The van der Waals surface area contributed by atoms with Gasteiger partial charge in [-0.05, 0) is 38.8 Å². The van der Waals surface area contributed by atoms with Crippen LogP contribution in [0.5, 0.6) is 0 Å². The Kier molecular flexibility index (Phi) is 5.72. The third-order valence-electron chi connectivity index (χ3n) is 5.39. The summed E-state index contributed by atoms with van der Waals surface area (Å²) >= 11 is 0. The number of hydrogen-bond acceptors (Lipinski definition) is 3. The van der Waals surface area contributed by atoms with Crippen molar-refractivity contribution < 1.29 is 4.79 Å². The SMILES string of the molecule is Cc1cccc([C@@H](C)NC(=O)N2CCN(C3CCCCC3)CC2)n1. The largest absolute Gasteiger partial charge is 0.330 e. The Balaban J connectivity index is 1.48. The molecule has 0 aromatic carbocycles. The van der Waals surface area contributed by atoms with E-state index in [4.69, 9.17) is 0 Å². The van der Waals surface area contributed by atoms with Gasteiger partial charge < -0.3 is 10.2 Å². The van der Waals surface area contributed by atoms with Crippen molar-refractivity contribution in [1.29, 1.82) is 0 Å². The molecule has 1 atom stereocenters.